The van der Waals surface area contributed by atoms with Gasteiger partial charge in [-0.1, -0.05) is 18.2 Å². The van der Waals surface area contributed by atoms with Crippen molar-refractivity contribution in [1.29, 1.82) is 0 Å². The molecule has 0 bridgehead atoms. The number of piperazine rings is 1. The van der Waals surface area contributed by atoms with Crippen LogP contribution in [0.15, 0.2) is 42.5 Å². The van der Waals surface area contributed by atoms with Crippen LogP contribution in [0.25, 0.3) is 0 Å². The molecule has 0 saturated carbocycles. The molecule has 3 nitrogen and oxygen atoms in total. The Balaban J connectivity index is 1.58. The molecule has 26 heavy (non-hydrogen) atoms. The minimum atomic E-state index is -0.549. The third-order valence-electron chi connectivity index (χ3n) is 4.90. The Hall–Kier alpha value is -2.34. The average Bonchev–Trinajstić information content (AvgIpc) is 2.63. The lowest BCUT2D eigenvalue weighted by Crippen LogP contribution is -2.49. The molecule has 3 rings (SSSR count). The van der Waals surface area contributed by atoms with Crippen molar-refractivity contribution in [3.8, 4) is 0 Å². The summed E-state index contributed by atoms with van der Waals surface area (Å²) in [6.07, 6.45) is 0.220. The number of halogens is 3. The molecule has 1 aliphatic heterocycles. The fourth-order valence-corrected chi connectivity index (χ4v) is 3.34. The number of nitrogens with zero attached hydrogens (tertiary/aromatic N) is 2. The Labute approximate surface area is 151 Å². The van der Waals surface area contributed by atoms with Gasteiger partial charge in [0.05, 0.1) is 6.42 Å². The van der Waals surface area contributed by atoms with Crippen LogP contribution in [-0.4, -0.2) is 41.9 Å². The van der Waals surface area contributed by atoms with Crippen LogP contribution in [0.5, 0.6) is 0 Å². The Bertz CT molecular complexity index is 751. The van der Waals surface area contributed by atoms with E-state index < -0.39 is 17.7 Å². The molecule has 0 aromatic heterocycles. The minimum Gasteiger partial charge on any atom is -0.340 e. The topological polar surface area (TPSA) is 23.6 Å². The standard InChI is InChI=1S/C20H21F3N2O/c1-14(20-17(22)3-2-4-18(20)23)24-9-11-25(12-10-24)19(26)13-15-5-7-16(21)8-6-15/h2-8,14H,9-13H2,1H3. The molecule has 0 radical (unpaired) electrons. The van der Waals surface area contributed by atoms with Crippen molar-refractivity contribution < 1.29 is 18.0 Å². The number of benzene rings is 2. The second-order valence-electron chi connectivity index (χ2n) is 6.53. The Morgan fingerprint density at radius 1 is 0.962 bits per heavy atom. The van der Waals surface area contributed by atoms with Crippen LogP contribution in [0, 0.1) is 17.5 Å². The Morgan fingerprint density at radius 3 is 2.12 bits per heavy atom. The predicted octanol–water partition coefficient (Wildman–Crippen LogP) is 3.55. The molecular weight excluding hydrogens is 341 g/mol. The summed E-state index contributed by atoms with van der Waals surface area (Å²) in [4.78, 5) is 16.1. The quantitative estimate of drug-likeness (QED) is 0.830. The first-order chi connectivity index (χ1) is 12.5. The molecule has 0 N–H and O–H groups in total. The van der Waals surface area contributed by atoms with Gasteiger partial charge in [0.2, 0.25) is 5.91 Å². The molecule has 1 heterocycles. The van der Waals surface area contributed by atoms with Crippen LogP contribution >= 0.6 is 0 Å². The van der Waals surface area contributed by atoms with Gasteiger partial charge in [0, 0.05) is 37.8 Å². The van der Waals surface area contributed by atoms with Crippen molar-refractivity contribution in [3.63, 3.8) is 0 Å². The fourth-order valence-electron chi connectivity index (χ4n) is 3.34. The molecule has 1 saturated heterocycles. The third-order valence-corrected chi connectivity index (χ3v) is 4.90. The lowest BCUT2D eigenvalue weighted by molar-refractivity contribution is -0.132. The highest BCUT2D eigenvalue weighted by Gasteiger charge is 2.27. The summed E-state index contributed by atoms with van der Waals surface area (Å²) < 4.78 is 40.9. The van der Waals surface area contributed by atoms with Gasteiger partial charge in [-0.3, -0.25) is 9.69 Å². The van der Waals surface area contributed by atoms with Crippen LogP contribution in [0.2, 0.25) is 0 Å². The van der Waals surface area contributed by atoms with Gasteiger partial charge in [-0.05, 0) is 36.8 Å². The van der Waals surface area contributed by atoms with E-state index in [0.29, 0.717) is 26.2 Å². The van der Waals surface area contributed by atoms with Crippen molar-refractivity contribution >= 4 is 5.91 Å². The smallest absolute Gasteiger partial charge is 0.227 e. The van der Waals surface area contributed by atoms with Crippen molar-refractivity contribution in [2.45, 2.75) is 19.4 Å². The van der Waals surface area contributed by atoms with E-state index in [4.69, 9.17) is 0 Å². The largest absolute Gasteiger partial charge is 0.340 e. The van der Waals surface area contributed by atoms with E-state index in [9.17, 15) is 18.0 Å². The zero-order valence-corrected chi connectivity index (χ0v) is 14.6. The molecule has 1 aliphatic rings. The lowest BCUT2D eigenvalue weighted by Gasteiger charge is -2.38. The van der Waals surface area contributed by atoms with Crippen LogP contribution in [-0.2, 0) is 11.2 Å². The molecule has 1 fully saturated rings. The van der Waals surface area contributed by atoms with Gasteiger partial charge in [0.15, 0.2) is 0 Å². The van der Waals surface area contributed by atoms with Crippen LogP contribution in [0.4, 0.5) is 13.2 Å². The highest BCUT2D eigenvalue weighted by molar-refractivity contribution is 5.78. The van der Waals surface area contributed by atoms with E-state index in [1.165, 1.54) is 30.3 Å². The predicted molar refractivity (Wildman–Crippen MR) is 93.0 cm³/mol. The van der Waals surface area contributed by atoms with Gasteiger partial charge >= 0.3 is 0 Å². The first kappa shape index (κ1) is 18.5. The van der Waals surface area contributed by atoms with Crippen LogP contribution in [0.3, 0.4) is 0 Å². The van der Waals surface area contributed by atoms with Crippen molar-refractivity contribution in [2.24, 2.45) is 0 Å². The highest BCUT2D eigenvalue weighted by atomic mass is 19.1. The monoisotopic (exact) mass is 362 g/mol. The third kappa shape index (κ3) is 4.07. The van der Waals surface area contributed by atoms with Gasteiger partial charge in [-0.25, -0.2) is 13.2 Å². The first-order valence-electron chi connectivity index (χ1n) is 8.66. The number of carbonyl (C=O) groups is 1. The zero-order chi connectivity index (χ0) is 18.7. The van der Waals surface area contributed by atoms with Gasteiger partial charge < -0.3 is 4.90 Å². The van der Waals surface area contributed by atoms with E-state index in [2.05, 4.69) is 0 Å². The van der Waals surface area contributed by atoms with Crippen molar-refractivity contribution in [1.82, 2.24) is 9.80 Å². The van der Waals surface area contributed by atoms with Crippen molar-refractivity contribution in [2.75, 3.05) is 26.2 Å². The second kappa shape index (κ2) is 7.91. The Morgan fingerprint density at radius 2 is 1.54 bits per heavy atom. The van der Waals surface area contributed by atoms with Gasteiger partial charge in [-0.15, -0.1) is 0 Å². The number of rotatable bonds is 4. The van der Waals surface area contributed by atoms with E-state index in [-0.39, 0.29) is 23.7 Å². The number of amides is 1. The molecule has 1 unspecified atom stereocenters. The summed E-state index contributed by atoms with van der Waals surface area (Å²) in [5.74, 6) is -1.45. The summed E-state index contributed by atoms with van der Waals surface area (Å²) >= 11 is 0. The maximum absolute atomic E-state index is 14.0. The molecule has 1 amide bonds. The molecule has 2 aromatic rings. The van der Waals surface area contributed by atoms with E-state index in [1.807, 2.05) is 4.90 Å². The minimum absolute atomic E-state index is 0.0269. The molecule has 6 heteroatoms. The zero-order valence-electron chi connectivity index (χ0n) is 14.6. The Kier molecular flexibility index (Phi) is 5.61. The summed E-state index contributed by atoms with van der Waals surface area (Å²) in [6, 6.07) is 9.36. The molecule has 0 spiro atoms. The van der Waals surface area contributed by atoms with Crippen molar-refractivity contribution in [3.05, 3.63) is 71.0 Å². The summed E-state index contributed by atoms with van der Waals surface area (Å²) in [5.41, 5.74) is 0.833. The van der Waals surface area contributed by atoms with Gasteiger partial charge in [0.25, 0.3) is 0 Å². The summed E-state index contributed by atoms with van der Waals surface area (Å²) in [6.45, 7) is 3.87. The summed E-state index contributed by atoms with van der Waals surface area (Å²) in [5, 5.41) is 0. The molecule has 1 atom stereocenters. The average molecular weight is 362 g/mol. The summed E-state index contributed by atoms with van der Waals surface area (Å²) in [7, 11) is 0. The first-order valence-corrected chi connectivity index (χ1v) is 8.66. The molecule has 138 valence electrons. The fraction of sp³-hybridized carbons (Fsp3) is 0.350. The number of hydrogen-bond donors (Lipinski definition) is 0. The van der Waals surface area contributed by atoms with Gasteiger partial charge in [0.1, 0.15) is 17.5 Å². The van der Waals surface area contributed by atoms with E-state index >= 15 is 0 Å². The maximum Gasteiger partial charge on any atom is 0.227 e. The maximum atomic E-state index is 14.0. The van der Waals surface area contributed by atoms with E-state index in [1.54, 1.807) is 24.0 Å². The second-order valence-corrected chi connectivity index (χ2v) is 6.53. The molecule has 0 aliphatic carbocycles. The SMILES string of the molecule is CC(c1c(F)cccc1F)N1CCN(C(=O)Cc2ccc(F)cc2)CC1. The molecular formula is C20H21F3N2O. The van der Waals surface area contributed by atoms with Crippen LogP contribution < -0.4 is 0 Å². The van der Waals surface area contributed by atoms with Crippen LogP contribution in [0.1, 0.15) is 24.1 Å². The van der Waals surface area contributed by atoms with Gasteiger partial charge in [-0.2, -0.15) is 0 Å². The lowest BCUT2D eigenvalue weighted by atomic mass is 10.0. The number of hydrogen-bond acceptors (Lipinski definition) is 2. The van der Waals surface area contributed by atoms with E-state index in [0.717, 1.165) is 5.56 Å². The highest BCUT2D eigenvalue weighted by Crippen LogP contribution is 2.26. The number of carbonyl (C=O) groups excluding carboxylic acids is 1. The molecule has 2 aromatic carbocycles. The normalized spacial score (nSPS) is 16.5.